The quantitative estimate of drug-likeness (QED) is 0.839. The number of ether oxygens (including phenoxy) is 1. The maximum atomic E-state index is 12.0. The predicted molar refractivity (Wildman–Crippen MR) is 96.5 cm³/mol. The molecule has 7 heteroatoms. The molecule has 2 aromatic rings. The van der Waals surface area contributed by atoms with Gasteiger partial charge in [0.25, 0.3) is 0 Å². The molecule has 130 valence electrons. The van der Waals surface area contributed by atoms with Crippen LogP contribution in [0.5, 0.6) is 5.75 Å². The van der Waals surface area contributed by atoms with Gasteiger partial charge in [0.15, 0.2) is 5.13 Å². The van der Waals surface area contributed by atoms with Crippen LogP contribution in [-0.2, 0) is 9.59 Å². The highest BCUT2D eigenvalue weighted by atomic mass is 32.1. The van der Waals surface area contributed by atoms with Crippen LogP contribution in [0.15, 0.2) is 18.2 Å². The van der Waals surface area contributed by atoms with Crippen LogP contribution in [0.3, 0.4) is 0 Å². The van der Waals surface area contributed by atoms with Crippen molar-refractivity contribution in [2.75, 3.05) is 18.5 Å². The second-order valence-corrected chi connectivity index (χ2v) is 7.42. The molecule has 1 heterocycles. The Morgan fingerprint density at radius 1 is 1.29 bits per heavy atom. The summed E-state index contributed by atoms with van der Waals surface area (Å²) in [6.45, 7) is 8.34. The van der Waals surface area contributed by atoms with Crippen molar-refractivity contribution in [1.82, 2.24) is 10.3 Å². The Kier molecular flexibility index (Phi) is 5.77. The van der Waals surface area contributed by atoms with E-state index in [1.807, 2.05) is 45.9 Å². The third-order valence-electron chi connectivity index (χ3n) is 3.24. The van der Waals surface area contributed by atoms with Gasteiger partial charge in [0.1, 0.15) is 5.75 Å². The third-order valence-corrected chi connectivity index (χ3v) is 4.17. The van der Waals surface area contributed by atoms with Gasteiger partial charge in [-0.1, -0.05) is 32.1 Å². The molecular formula is C17H23N3O3S. The molecule has 2 amide bonds. The number of fused-ring (bicyclic) bond motifs is 1. The van der Waals surface area contributed by atoms with E-state index >= 15 is 0 Å². The van der Waals surface area contributed by atoms with Crippen LogP contribution in [0.1, 0.15) is 34.1 Å². The van der Waals surface area contributed by atoms with Crippen molar-refractivity contribution in [3.05, 3.63) is 18.2 Å². The minimum absolute atomic E-state index is 0.0706. The summed E-state index contributed by atoms with van der Waals surface area (Å²) in [5, 5.41) is 6.07. The van der Waals surface area contributed by atoms with Crippen LogP contribution in [0.4, 0.5) is 5.13 Å². The van der Waals surface area contributed by atoms with Crippen molar-refractivity contribution >= 4 is 38.5 Å². The van der Waals surface area contributed by atoms with Crippen molar-refractivity contribution < 1.29 is 14.3 Å². The molecule has 0 aliphatic heterocycles. The van der Waals surface area contributed by atoms with Gasteiger partial charge in [0.2, 0.25) is 11.8 Å². The van der Waals surface area contributed by atoms with Crippen molar-refractivity contribution in [3.63, 3.8) is 0 Å². The molecule has 0 aliphatic rings. The first-order valence-electron chi connectivity index (χ1n) is 7.91. The van der Waals surface area contributed by atoms with Crippen LogP contribution < -0.4 is 15.4 Å². The van der Waals surface area contributed by atoms with Crippen molar-refractivity contribution in [2.45, 2.75) is 34.1 Å². The Balaban J connectivity index is 1.90. The zero-order valence-electron chi connectivity index (χ0n) is 14.4. The predicted octanol–water partition coefficient (Wildman–Crippen LogP) is 3.19. The number of hydrogen-bond acceptors (Lipinski definition) is 5. The molecule has 2 rings (SSSR count). The molecule has 0 radical (unpaired) electrons. The number of amides is 2. The Bertz CT molecular complexity index is 734. The third kappa shape index (κ3) is 4.92. The van der Waals surface area contributed by atoms with E-state index in [1.165, 1.54) is 11.3 Å². The van der Waals surface area contributed by atoms with Crippen LogP contribution in [0, 0.1) is 5.41 Å². The molecule has 24 heavy (non-hydrogen) atoms. The number of aromatic nitrogens is 1. The number of rotatable bonds is 6. The van der Waals surface area contributed by atoms with E-state index in [9.17, 15) is 9.59 Å². The summed E-state index contributed by atoms with van der Waals surface area (Å²) >= 11 is 1.40. The molecule has 6 nitrogen and oxygen atoms in total. The Morgan fingerprint density at radius 3 is 2.71 bits per heavy atom. The number of carbonyl (C=O) groups excluding carboxylic acids is 2. The molecular weight excluding hydrogens is 326 g/mol. The second kappa shape index (κ2) is 7.61. The number of hydrogen-bond donors (Lipinski definition) is 2. The highest BCUT2D eigenvalue weighted by Gasteiger charge is 2.20. The molecule has 0 aliphatic carbocycles. The summed E-state index contributed by atoms with van der Waals surface area (Å²) in [6.07, 6.45) is 0.210. The van der Waals surface area contributed by atoms with Gasteiger partial charge >= 0.3 is 0 Å². The van der Waals surface area contributed by atoms with Crippen LogP contribution >= 0.6 is 11.3 Å². The molecule has 2 N–H and O–H groups in total. The van der Waals surface area contributed by atoms with E-state index in [0.717, 1.165) is 16.0 Å². The van der Waals surface area contributed by atoms with Gasteiger partial charge in [-0.3, -0.25) is 9.59 Å². The lowest BCUT2D eigenvalue weighted by Gasteiger charge is -2.17. The van der Waals surface area contributed by atoms with Gasteiger partial charge in [-0.2, -0.15) is 0 Å². The van der Waals surface area contributed by atoms with Gasteiger partial charge in [-0.05, 0) is 25.1 Å². The van der Waals surface area contributed by atoms with Crippen LogP contribution in [-0.4, -0.2) is 29.9 Å². The minimum Gasteiger partial charge on any atom is -0.494 e. The maximum Gasteiger partial charge on any atom is 0.227 e. The average molecular weight is 349 g/mol. The van der Waals surface area contributed by atoms with E-state index in [2.05, 4.69) is 15.6 Å². The van der Waals surface area contributed by atoms with Crippen LogP contribution in [0.25, 0.3) is 10.2 Å². The normalized spacial score (nSPS) is 11.3. The zero-order valence-corrected chi connectivity index (χ0v) is 15.3. The zero-order chi connectivity index (χ0) is 17.7. The van der Waals surface area contributed by atoms with E-state index in [0.29, 0.717) is 18.3 Å². The molecule has 1 aromatic heterocycles. The molecule has 0 bridgehead atoms. The van der Waals surface area contributed by atoms with E-state index in [-0.39, 0.29) is 18.2 Å². The van der Waals surface area contributed by atoms with Gasteiger partial charge in [0.05, 0.1) is 16.8 Å². The molecule has 0 unspecified atom stereocenters. The smallest absolute Gasteiger partial charge is 0.227 e. The summed E-state index contributed by atoms with van der Waals surface area (Å²) in [6, 6.07) is 5.64. The monoisotopic (exact) mass is 349 g/mol. The largest absolute Gasteiger partial charge is 0.494 e. The summed E-state index contributed by atoms with van der Waals surface area (Å²) < 4.78 is 6.41. The lowest BCUT2D eigenvalue weighted by molar-refractivity contribution is -0.128. The average Bonchev–Trinajstić information content (AvgIpc) is 2.87. The van der Waals surface area contributed by atoms with Gasteiger partial charge in [-0.25, -0.2) is 4.98 Å². The Labute approximate surface area is 145 Å². The van der Waals surface area contributed by atoms with Gasteiger partial charge in [-0.15, -0.1) is 0 Å². The standard InChI is InChI=1S/C17H23N3O3S/c1-5-23-11-6-7-12-13(10-11)24-16(19-12)20-14(21)8-9-18-15(22)17(2,3)4/h6-7,10H,5,8-9H2,1-4H3,(H,18,22)(H,19,20,21). The summed E-state index contributed by atoms with van der Waals surface area (Å²) in [5.41, 5.74) is 0.363. The topological polar surface area (TPSA) is 80.3 Å². The first kappa shape index (κ1) is 18.2. The Hall–Kier alpha value is -2.15. The highest BCUT2D eigenvalue weighted by Crippen LogP contribution is 2.29. The molecule has 0 saturated carbocycles. The van der Waals surface area contributed by atoms with Crippen LogP contribution in [0.2, 0.25) is 0 Å². The fraction of sp³-hybridized carbons (Fsp3) is 0.471. The van der Waals surface area contributed by atoms with Crippen molar-refractivity contribution in [2.24, 2.45) is 5.41 Å². The van der Waals surface area contributed by atoms with Gasteiger partial charge < -0.3 is 15.4 Å². The summed E-state index contributed by atoms with van der Waals surface area (Å²) in [4.78, 5) is 28.1. The summed E-state index contributed by atoms with van der Waals surface area (Å²) in [7, 11) is 0. The summed E-state index contributed by atoms with van der Waals surface area (Å²) in [5.74, 6) is 0.545. The van der Waals surface area contributed by atoms with Crippen molar-refractivity contribution in [3.8, 4) is 5.75 Å². The fourth-order valence-corrected chi connectivity index (χ4v) is 2.86. The van der Waals surface area contributed by atoms with E-state index in [1.54, 1.807) is 0 Å². The second-order valence-electron chi connectivity index (χ2n) is 6.39. The number of nitrogens with zero attached hydrogens (tertiary/aromatic N) is 1. The van der Waals surface area contributed by atoms with Gasteiger partial charge in [0, 0.05) is 18.4 Å². The molecule has 0 spiro atoms. The molecule has 0 fully saturated rings. The first-order valence-corrected chi connectivity index (χ1v) is 8.73. The number of thiazole rings is 1. The molecule has 0 saturated heterocycles. The number of anilines is 1. The minimum atomic E-state index is -0.457. The molecule has 1 aromatic carbocycles. The van der Waals surface area contributed by atoms with Crippen molar-refractivity contribution in [1.29, 1.82) is 0 Å². The highest BCUT2D eigenvalue weighted by molar-refractivity contribution is 7.22. The fourth-order valence-electron chi connectivity index (χ4n) is 1.95. The maximum absolute atomic E-state index is 12.0. The first-order chi connectivity index (χ1) is 11.3. The number of nitrogens with one attached hydrogen (secondary N) is 2. The SMILES string of the molecule is CCOc1ccc2nc(NC(=O)CCNC(=O)C(C)(C)C)sc2c1. The number of benzene rings is 1. The number of carbonyl (C=O) groups is 2. The van der Waals surface area contributed by atoms with E-state index in [4.69, 9.17) is 4.74 Å². The lowest BCUT2D eigenvalue weighted by Crippen LogP contribution is -2.36. The Morgan fingerprint density at radius 2 is 2.04 bits per heavy atom. The van der Waals surface area contributed by atoms with E-state index < -0.39 is 5.41 Å². The molecule has 0 atom stereocenters. The lowest BCUT2D eigenvalue weighted by atomic mass is 9.96.